The third-order valence-corrected chi connectivity index (χ3v) is 3.54. The molecular formula is C16H21NO5. The largest absolute Gasteiger partial charge is 0.478 e. The lowest BCUT2D eigenvalue weighted by atomic mass is 10.0. The van der Waals surface area contributed by atoms with Gasteiger partial charge in [0.1, 0.15) is 0 Å². The van der Waals surface area contributed by atoms with Crippen LogP contribution in [0.2, 0.25) is 0 Å². The molecule has 22 heavy (non-hydrogen) atoms. The summed E-state index contributed by atoms with van der Waals surface area (Å²) in [5, 5.41) is 9.12. The van der Waals surface area contributed by atoms with E-state index in [1.807, 2.05) is 6.92 Å². The number of nitrogens with zero attached hydrogens (tertiary/aromatic N) is 1. The average Bonchev–Trinajstić information content (AvgIpc) is 2.45. The molecule has 0 radical (unpaired) electrons. The summed E-state index contributed by atoms with van der Waals surface area (Å²) in [7, 11) is 1.59. The van der Waals surface area contributed by atoms with Gasteiger partial charge in [-0.3, -0.25) is 4.79 Å². The third-order valence-electron chi connectivity index (χ3n) is 3.54. The van der Waals surface area contributed by atoms with Crippen molar-refractivity contribution in [1.29, 1.82) is 0 Å². The molecule has 6 nitrogen and oxygen atoms in total. The van der Waals surface area contributed by atoms with Gasteiger partial charge in [0.2, 0.25) is 0 Å². The molecule has 1 aliphatic heterocycles. The summed E-state index contributed by atoms with van der Waals surface area (Å²) in [6.07, 6.45) is -0.247. The Bertz CT molecular complexity index is 572. The highest BCUT2D eigenvalue weighted by molar-refractivity contribution is 5.97. The van der Waals surface area contributed by atoms with E-state index in [-0.39, 0.29) is 23.7 Å². The molecule has 120 valence electrons. The minimum absolute atomic E-state index is 0.0818. The lowest BCUT2D eigenvalue weighted by molar-refractivity contribution is -0.0918. The number of rotatable bonds is 4. The van der Waals surface area contributed by atoms with Crippen molar-refractivity contribution in [2.24, 2.45) is 0 Å². The van der Waals surface area contributed by atoms with Crippen molar-refractivity contribution in [2.45, 2.75) is 26.1 Å². The molecule has 1 saturated heterocycles. The van der Waals surface area contributed by atoms with Crippen LogP contribution in [-0.4, -0.2) is 60.9 Å². The number of methoxy groups -OCH3 is 1. The number of morpholine rings is 1. The van der Waals surface area contributed by atoms with Crippen LogP contribution in [0.4, 0.5) is 0 Å². The van der Waals surface area contributed by atoms with Gasteiger partial charge < -0.3 is 19.5 Å². The van der Waals surface area contributed by atoms with Gasteiger partial charge in [0.25, 0.3) is 5.91 Å². The monoisotopic (exact) mass is 307 g/mol. The number of ether oxygens (including phenoxy) is 2. The van der Waals surface area contributed by atoms with E-state index in [2.05, 4.69) is 0 Å². The molecule has 1 aromatic carbocycles. The van der Waals surface area contributed by atoms with Crippen LogP contribution in [-0.2, 0) is 9.47 Å². The highest BCUT2D eigenvalue weighted by Crippen LogP contribution is 2.17. The van der Waals surface area contributed by atoms with Crippen molar-refractivity contribution in [3.8, 4) is 0 Å². The van der Waals surface area contributed by atoms with E-state index in [9.17, 15) is 9.59 Å². The lowest BCUT2D eigenvalue weighted by Crippen LogP contribution is -2.50. The van der Waals surface area contributed by atoms with E-state index in [4.69, 9.17) is 14.6 Å². The summed E-state index contributed by atoms with van der Waals surface area (Å²) in [6.45, 7) is 5.02. The van der Waals surface area contributed by atoms with E-state index < -0.39 is 5.97 Å². The Morgan fingerprint density at radius 2 is 2.00 bits per heavy atom. The van der Waals surface area contributed by atoms with Gasteiger partial charge in [-0.05, 0) is 37.6 Å². The van der Waals surface area contributed by atoms with Crippen molar-refractivity contribution in [2.75, 3.05) is 26.8 Å². The molecule has 1 fully saturated rings. The van der Waals surface area contributed by atoms with Crippen molar-refractivity contribution < 1.29 is 24.2 Å². The summed E-state index contributed by atoms with van der Waals surface area (Å²) in [6, 6.07) is 4.68. The van der Waals surface area contributed by atoms with Crippen molar-refractivity contribution in [3.63, 3.8) is 0 Å². The second kappa shape index (κ2) is 6.89. The fourth-order valence-electron chi connectivity index (χ4n) is 2.70. The summed E-state index contributed by atoms with van der Waals surface area (Å²) in [5.41, 5.74) is 1.26. The molecule has 2 unspecified atom stereocenters. The Labute approximate surface area is 129 Å². The van der Waals surface area contributed by atoms with Crippen LogP contribution in [0.15, 0.2) is 18.2 Å². The van der Waals surface area contributed by atoms with Crippen LogP contribution >= 0.6 is 0 Å². The van der Waals surface area contributed by atoms with E-state index in [0.717, 1.165) is 5.56 Å². The topological polar surface area (TPSA) is 76.1 Å². The van der Waals surface area contributed by atoms with E-state index in [1.165, 1.54) is 6.07 Å². The van der Waals surface area contributed by atoms with Gasteiger partial charge in [-0.25, -0.2) is 4.79 Å². The van der Waals surface area contributed by atoms with Crippen molar-refractivity contribution in [3.05, 3.63) is 34.9 Å². The van der Waals surface area contributed by atoms with Crippen LogP contribution < -0.4 is 0 Å². The van der Waals surface area contributed by atoms with Gasteiger partial charge in [0.15, 0.2) is 0 Å². The Kier molecular flexibility index (Phi) is 5.15. The van der Waals surface area contributed by atoms with Gasteiger partial charge in [-0.15, -0.1) is 0 Å². The van der Waals surface area contributed by atoms with Crippen LogP contribution in [0.5, 0.6) is 0 Å². The molecular weight excluding hydrogens is 286 g/mol. The zero-order valence-corrected chi connectivity index (χ0v) is 13.0. The van der Waals surface area contributed by atoms with E-state index in [1.54, 1.807) is 31.1 Å². The molecule has 1 heterocycles. The van der Waals surface area contributed by atoms with Gasteiger partial charge >= 0.3 is 5.97 Å². The van der Waals surface area contributed by atoms with Crippen LogP contribution in [0.1, 0.15) is 33.2 Å². The fraction of sp³-hybridized carbons (Fsp3) is 0.500. The molecule has 2 rings (SSSR count). The number of aryl methyl sites for hydroxylation is 1. The fourth-order valence-corrected chi connectivity index (χ4v) is 2.70. The summed E-state index contributed by atoms with van der Waals surface area (Å²) >= 11 is 0. The second-order valence-corrected chi connectivity index (χ2v) is 5.63. The molecule has 1 aliphatic rings. The molecule has 2 atom stereocenters. The van der Waals surface area contributed by atoms with Crippen LogP contribution in [0.3, 0.4) is 0 Å². The Morgan fingerprint density at radius 3 is 2.64 bits per heavy atom. The van der Waals surface area contributed by atoms with E-state index in [0.29, 0.717) is 25.3 Å². The minimum Gasteiger partial charge on any atom is -0.478 e. The highest BCUT2D eigenvalue weighted by Gasteiger charge is 2.29. The predicted molar refractivity (Wildman–Crippen MR) is 80.3 cm³/mol. The molecule has 0 aliphatic carbocycles. The SMILES string of the molecule is COCC1CN(C(=O)c2cc(C)cc(C(=O)O)c2)CC(C)O1. The number of hydrogen-bond donors (Lipinski definition) is 1. The molecule has 0 saturated carbocycles. The second-order valence-electron chi connectivity index (χ2n) is 5.63. The zero-order chi connectivity index (χ0) is 16.3. The smallest absolute Gasteiger partial charge is 0.335 e. The number of carboxylic acids is 1. The molecule has 0 spiro atoms. The molecule has 1 N–H and O–H groups in total. The predicted octanol–water partition coefficient (Wildman–Crippen LogP) is 1.57. The zero-order valence-electron chi connectivity index (χ0n) is 13.0. The third kappa shape index (κ3) is 3.84. The van der Waals surface area contributed by atoms with Gasteiger partial charge in [0, 0.05) is 25.8 Å². The first-order valence-corrected chi connectivity index (χ1v) is 7.19. The number of carboxylic acid groups (broad SMARTS) is 1. The minimum atomic E-state index is -1.04. The van der Waals surface area contributed by atoms with Crippen LogP contribution in [0, 0.1) is 6.92 Å². The molecule has 6 heteroatoms. The maximum absolute atomic E-state index is 12.7. The Balaban J connectivity index is 2.21. The summed E-state index contributed by atoms with van der Waals surface area (Å²) < 4.78 is 10.8. The summed E-state index contributed by atoms with van der Waals surface area (Å²) in [5.74, 6) is -1.21. The van der Waals surface area contributed by atoms with Gasteiger partial charge in [-0.2, -0.15) is 0 Å². The number of benzene rings is 1. The Morgan fingerprint density at radius 1 is 1.32 bits per heavy atom. The maximum Gasteiger partial charge on any atom is 0.335 e. The van der Waals surface area contributed by atoms with Crippen molar-refractivity contribution >= 4 is 11.9 Å². The molecule has 0 aromatic heterocycles. The first-order chi connectivity index (χ1) is 10.4. The van der Waals surface area contributed by atoms with Gasteiger partial charge in [0.05, 0.1) is 24.4 Å². The van der Waals surface area contributed by atoms with Crippen LogP contribution in [0.25, 0.3) is 0 Å². The standard InChI is InChI=1S/C16H21NO5/c1-10-4-12(6-13(5-10)16(19)20)15(18)17-7-11(2)22-14(8-17)9-21-3/h4-6,11,14H,7-9H2,1-3H3,(H,19,20). The molecule has 1 amide bonds. The highest BCUT2D eigenvalue weighted by atomic mass is 16.5. The number of carbonyl (C=O) groups excluding carboxylic acids is 1. The molecule has 0 bridgehead atoms. The quantitative estimate of drug-likeness (QED) is 0.913. The summed E-state index contributed by atoms with van der Waals surface area (Å²) in [4.78, 5) is 25.5. The molecule has 1 aromatic rings. The van der Waals surface area contributed by atoms with E-state index >= 15 is 0 Å². The average molecular weight is 307 g/mol. The first kappa shape index (κ1) is 16.5. The normalized spacial score (nSPS) is 21.7. The number of aromatic carboxylic acids is 1. The first-order valence-electron chi connectivity index (χ1n) is 7.19. The number of amides is 1. The number of hydrogen-bond acceptors (Lipinski definition) is 4. The lowest BCUT2D eigenvalue weighted by Gasteiger charge is -2.36. The number of carbonyl (C=O) groups is 2. The van der Waals surface area contributed by atoms with Gasteiger partial charge in [-0.1, -0.05) is 0 Å². The Hall–Kier alpha value is -1.92. The maximum atomic E-state index is 12.7. The van der Waals surface area contributed by atoms with Crippen molar-refractivity contribution in [1.82, 2.24) is 4.90 Å².